The van der Waals surface area contributed by atoms with Gasteiger partial charge < -0.3 is 4.74 Å². The van der Waals surface area contributed by atoms with Crippen LogP contribution in [0.1, 0.15) is 37.3 Å². The Morgan fingerprint density at radius 2 is 1.83 bits per heavy atom. The van der Waals surface area contributed by atoms with Crippen LogP contribution >= 0.6 is 0 Å². The summed E-state index contributed by atoms with van der Waals surface area (Å²) in [6.07, 6.45) is 4.93. The van der Waals surface area contributed by atoms with Crippen molar-refractivity contribution in [2.24, 2.45) is 0 Å². The van der Waals surface area contributed by atoms with Crippen LogP contribution in [0.25, 0.3) is 0 Å². The molecule has 3 heteroatoms. The van der Waals surface area contributed by atoms with Gasteiger partial charge in [0, 0.05) is 5.56 Å². The van der Waals surface area contributed by atoms with Gasteiger partial charge in [0.1, 0.15) is 11.8 Å². The number of para-hydroxylation sites is 1. The van der Waals surface area contributed by atoms with Gasteiger partial charge in [0.15, 0.2) is 0 Å². The lowest BCUT2D eigenvalue weighted by Crippen LogP contribution is -2.29. The Kier molecular flexibility index (Phi) is 4.60. The summed E-state index contributed by atoms with van der Waals surface area (Å²) in [5.74, 6) is 0.813. The topological polar surface area (TPSA) is 36.3 Å². The molecule has 0 spiro atoms. The number of rotatable bonds is 3. The maximum absolute atomic E-state index is 9.50. The Bertz CT molecular complexity index is 417. The third kappa shape index (κ3) is 2.83. The molecule has 1 atom stereocenters. The van der Waals surface area contributed by atoms with E-state index in [9.17, 15) is 5.26 Å². The van der Waals surface area contributed by atoms with Gasteiger partial charge in [-0.25, -0.2) is 0 Å². The molecule has 0 amide bonds. The van der Waals surface area contributed by atoms with Crippen LogP contribution in [0.5, 0.6) is 5.75 Å². The fourth-order valence-corrected chi connectivity index (χ4v) is 2.59. The molecular formula is C15H20N2O. The van der Waals surface area contributed by atoms with Crippen LogP contribution in [0.3, 0.4) is 0 Å². The molecule has 1 aromatic carbocycles. The molecule has 1 aliphatic heterocycles. The molecule has 1 aliphatic rings. The van der Waals surface area contributed by atoms with Crippen LogP contribution in [-0.4, -0.2) is 25.1 Å². The molecule has 0 saturated carbocycles. The summed E-state index contributed by atoms with van der Waals surface area (Å²) in [5, 5.41) is 9.50. The van der Waals surface area contributed by atoms with E-state index in [4.69, 9.17) is 4.74 Å². The largest absolute Gasteiger partial charge is 0.496 e. The molecule has 1 heterocycles. The van der Waals surface area contributed by atoms with Crippen molar-refractivity contribution in [2.45, 2.75) is 31.7 Å². The molecule has 0 aromatic heterocycles. The lowest BCUT2D eigenvalue weighted by atomic mass is 10.0. The number of nitriles is 1. The van der Waals surface area contributed by atoms with Crippen LogP contribution in [0.2, 0.25) is 0 Å². The SMILES string of the molecule is COc1ccccc1C(C#N)N1CCCCCC1. The van der Waals surface area contributed by atoms with Crippen LogP contribution < -0.4 is 4.74 Å². The number of hydrogen-bond acceptors (Lipinski definition) is 3. The lowest BCUT2D eigenvalue weighted by Gasteiger charge is -2.26. The lowest BCUT2D eigenvalue weighted by molar-refractivity contribution is 0.241. The van der Waals surface area contributed by atoms with Gasteiger partial charge in [-0.05, 0) is 32.0 Å². The van der Waals surface area contributed by atoms with Crippen molar-refractivity contribution in [3.8, 4) is 11.8 Å². The molecule has 1 aromatic rings. The quantitative estimate of drug-likeness (QED) is 0.819. The molecule has 0 bridgehead atoms. The predicted molar refractivity (Wildman–Crippen MR) is 71.4 cm³/mol. The first kappa shape index (κ1) is 12.9. The number of methoxy groups -OCH3 is 1. The highest BCUT2D eigenvalue weighted by Crippen LogP contribution is 2.30. The second-order valence-corrected chi connectivity index (χ2v) is 4.72. The molecule has 1 fully saturated rings. The summed E-state index contributed by atoms with van der Waals surface area (Å²) in [5.41, 5.74) is 0.990. The zero-order valence-corrected chi connectivity index (χ0v) is 10.9. The first-order chi connectivity index (χ1) is 8.86. The molecule has 0 radical (unpaired) electrons. The maximum Gasteiger partial charge on any atom is 0.127 e. The average Bonchev–Trinajstić information content (AvgIpc) is 2.69. The van der Waals surface area contributed by atoms with Gasteiger partial charge in [0.05, 0.1) is 13.2 Å². The Hall–Kier alpha value is -1.53. The van der Waals surface area contributed by atoms with Gasteiger partial charge in [0.25, 0.3) is 0 Å². The summed E-state index contributed by atoms with van der Waals surface area (Å²) in [7, 11) is 1.66. The van der Waals surface area contributed by atoms with Crippen molar-refractivity contribution in [3.63, 3.8) is 0 Å². The van der Waals surface area contributed by atoms with Gasteiger partial charge in [-0.15, -0.1) is 0 Å². The Labute approximate surface area is 109 Å². The van der Waals surface area contributed by atoms with Crippen molar-refractivity contribution in [1.29, 1.82) is 5.26 Å². The zero-order chi connectivity index (χ0) is 12.8. The standard InChI is InChI=1S/C15H20N2O/c1-18-15-9-5-4-8-13(15)14(12-16)17-10-6-2-3-7-11-17/h4-5,8-9,14H,2-3,6-7,10-11H2,1H3. The Morgan fingerprint density at radius 1 is 1.17 bits per heavy atom. The molecule has 1 unspecified atom stereocenters. The zero-order valence-electron chi connectivity index (χ0n) is 10.9. The van der Waals surface area contributed by atoms with E-state index in [2.05, 4.69) is 11.0 Å². The first-order valence-electron chi connectivity index (χ1n) is 6.63. The molecule has 1 saturated heterocycles. The number of likely N-dealkylation sites (tertiary alicyclic amines) is 1. The van der Waals surface area contributed by atoms with Crippen LogP contribution in [0.4, 0.5) is 0 Å². The van der Waals surface area contributed by atoms with Crippen molar-refractivity contribution in [2.75, 3.05) is 20.2 Å². The molecular weight excluding hydrogens is 224 g/mol. The fraction of sp³-hybridized carbons (Fsp3) is 0.533. The molecule has 96 valence electrons. The van der Waals surface area contributed by atoms with Crippen LogP contribution in [0.15, 0.2) is 24.3 Å². The smallest absolute Gasteiger partial charge is 0.127 e. The van der Waals surface area contributed by atoms with E-state index in [1.165, 1.54) is 25.7 Å². The second-order valence-electron chi connectivity index (χ2n) is 4.72. The van der Waals surface area contributed by atoms with E-state index in [0.29, 0.717) is 0 Å². The number of hydrogen-bond donors (Lipinski definition) is 0. The Morgan fingerprint density at radius 3 is 2.44 bits per heavy atom. The van der Waals surface area contributed by atoms with E-state index in [0.717, 1.165) is 24.4 Å². The van der Waals surface area contributed by atoms with Crippen LogP contribution in [0, 0.1) is 11.3 Å². The van der Waals surface area contributed by atoms with Gasteiger partial charge in [-0.1, -0.05) is 31.0 Å². The van der Waals surface area contributed by atoms with E-state index < -0.39 is 0 Å². The number of benzene rings is 1. The van der Waals surface area contributed by atoms with Crippen molar-refractivity contribution in [3.05, 3.63) is 29.8 Å². The van der Waals surface area contributed by atoms with Crippen molar-refractivity contribution < 1.29 is 4.74 Å². The van der Waals surface area contributed by atoms with Gasteiger partial charge in [-0.3, -0.25) is 4.90 Å². The molecule has 18 heavy (non-hydrogen) atoms. The van der Waals surface area contributed by atoms with Gasteiger partial charge >= 0.3 is 0 Å². The minimum atomic E-state index is -0.181. The molecule has 2 rings (SSSR count). The summed E-state index contributed by atoms with van der Waals surface area (Å²) in [4.78, 5) is 2.28. The predicted octanol–water partition coefficient (Wildman–Crippen LogP) is 3.14. The number of nitrogens with zero attached hydrogens (tertiary/aromatic N) is 2. The molecule has 0 N–H and O–H groups in total. The molecule has 3 nitrogen and oxygen atoms in total. The Balaban J connectivity index is 2.24. The summed E-state index contributed by atoms with van der Waals surface area (Å²) < 4.78 is 5.37. The van der Waals surface area contributed by atoms with E-state index in [1.54, 1.807) is 7.11 Å². The van der Waals surface area contributed by atoms with Gasteiger partial charge in [-0.2, -0.15) is 5.26 Å². The average molecular weight is 244 g/mol. The summed E-state index contributed by atoms with van der Waals surface area (Å²) in [6.45, 7) is 2.02. The van der Waals surface area contributed by atoms with Crippen molar-refractivity contribution >= 4 is 0 Å². The third-order valence-electron chi connectivity index (χ3n) is 3.56. The highest BCUT2D eigenvalue weighted by molar-refractivity contribution is 5.38. The minimum Gasteiger partial charge on any atom is -0.496 e. The van der Waals surface area contributed by atoms with Crippen LogP contribution in [-0.2, 0) is 0 Å². The fourth-order valence-electron chi connectivity index (χ4n) is 2.59. The second kappa shape index (κ2) is 6.42. The maximum atomic E-state index is 9.50. The monoisotopic (exact) mass is 244 g/mol. The molecule has 0 aliphatic carbocycles. The van der Waals surface area contributed by atoms with E-state index in [-0.39, 0.29) is 6.04 Å². The van der Waals surface area contributed by atoms with E-state index in [1.807, 2.05) is 24.3 Å². The highest BCUT2D eigenvalue weighted by Gasteiger charge is 2.23. The summed E-state index contributed by atoms with van der Waals surface area (Å²) >= 11 is 0. The summed E-state index contributed by atoms with van der Waals surface area (Å²) in [6, 6.07) is 10.1. The highest BCUT2D eigenvalue weighted by atomic mass is 16.5. The minimum absolute atomic E-state index is 0.181. The van der Waals surface area contributed by atoms with Crippen molar-refractivity contribution in [1.82, 2.24) is 4.90 Å². The normalized spacial score (nSPS) is 18.7. The van der Waals surface area contributed by atoms with E-state index >= 15 is 0 Å². The third-order valence-corrected chi connectivity index (χ3v) is 3.56. The van der Waals surface area contributed by atoms with Gasteiger partial charge in [0.2, 0.25) is 0 Å². The number of ether oxygens (including phenoxy) is 1. The first-order valence-corrected chi connectivity index (χ1v) is 6.63.